The van der Waals surface area contributed by atoms with Gasteiger partial charge in [-0.3, -0.25) is 4.79 Å². The van der Waals surface area contributed by atoms with Gasteiger partial charge in [-0.25, -0.2) is 0 Å². The van der Waals surface area contributed by atoms with E-state index in [1.54, 1.807) is 18.2 Å². The lowest BCUT2D eigenvalue weighted by Crippen LogP contribution is -2.13. The molecule has 1 unspecified atom stereocenters. The van der Waals surface area contributed by atoms with Gasteiger partial charge in [0.15, 0.2) is 0 Å². The summed E-state index contributed by atoms with van der Waals surface area (Å²) in [6.45, 7) is 0. The van der Waals surface area contributed by atoms with Gasteiger partial charge < -0.3 is 10.8 Å². The van der Waals surface area contributed by atoms with Gasteiger partial charge in [-0.1, -0.05) is 12.2 Å². The van der Waals surface area contributed by atoms with Gasteiger partial charge in [0.2, 0.25) is 0 Å². The molecule has 1 atom stereocenters. The van der Waals surface area contributed by atoms with E-state index in [1.165, 1.54) is 0 Å². The standard InChI is InChI=1S/C7H9NO2/c8-6-3-1-5(2-4-6)7(9)10/h1,3-5H,2,8H2,(H,9,10). The Balaban J connectivity index is 2.60. The average Bonchev–Trinajstić information content (AvgIpc) is 1.88. The number of hydrogen-bond donors (Lipinski definition) is 2. The third kappa shape index (κ3) is 1.37. The number of carbonyl (C=O) groups is 1. The number of hydrogen-bond acceptors (Lipinski definition) is 2. The highest BCUT2D eigenvalue weighted by Crippen LogP contribution is 2.13. The SMILES string of the molecule is NC1=CCC(C(=O)O)C=C1. The van der Waals surface area contributed by atoms with Crippen molar-refractivity contribution in [3.8, 4) is 0 Å². The summed E-state index contributed by atoms with van der Waals surface area (Å²) >= 11 is 0. The Kier molecular flexibility index (Phi) is 1.76. The molecule has 0 saturated carbocycles. The zero-order valence-electron chi connectivity index (χ0n) is 5.45. The quantitative estimate of drug-likeness (QED) is 0.555. The van der Waals surface area contributed by atoms with Crippen LogP contribution in [-0.4, -0.2) is 11.1 Å². The monoisotopic (exact) mass is 139 g/mol. The van der Waals surface area contributed by atoms with Crippen molar-refractivity contribution < 1.29 is 9.90 Å². The number of carboxylic acid groups (broad SMARTS) is 1. The van der Waals surface area contributed by atoms with Gasteiger partial charge in [-0.15, -0.1) is 0 Å². The fourth-order valence-corrected chi connectivity index (χ4v) is 0.820. The Labute approximate surface area is 58.8 Å². The number of nitrogens with two attached hydrogens (primary N) is 1. The van der Waals surface area contributed by atoms with Crippen molar-refractivity contribution in [3.63, 3.8) is 0 Å². The highest BCUT2D eigenvalue weighted by molar-refractivity contribution is 5.72. The fraction of sp³-hybridized carbons (Fsp3) is 0.286. The zero-order chi connectivity index (χ0) is 7.56. The number of carboxylic acids is 1. The van der Waals surface area contributed by atoms with Crippen LogP contribution in [0.2, 0.25) is 0 Å². The predicted octanol–water partition coefficient (Wildman–Crippen LogP) is 0.490. The molecule has 3 N–H and O–H groups in total. The van der Waals surface area contributed by atoms with E-state index in [2.05, 4.69) is 0 Å². The Bertz CT molecular complexity index is 206. The van der Waals surface area contributed by atoms with E-state index in [1.807, 2.05) is 0 Å². The molecule has 1 rings (SSSR count). The van der Waals surface area contributed by atoms with Crippen LogP contribution in [0.3, 0.4) is 0 Å². The first kappa shape index (κ1) is 6.86. The first-order chi connectivity index (χ1) is 4.70. The van der Waals surface area contributed by atoms with Gasteiger partial charge in [0, 0.05) is 5.70 Å². The smallest absolute Gasteiger partial charge is 0.310 e. The zero-order valence-corrected chi connectivity index (χ0v) is 5.45. The molecule has 1 aliphatic rings. The van der Waals surface area contributed by atoms with Crippen LogP contribution in [0.25, 0.3) is 0 Å². The Morgan fingerprint density at radius 1 is 1.80 bits per heavy atom. The van der Waals surface area contributed by atoms with E-state index in [-0.39, 0.29) is 5.92 Å². The second kappa shape index (κ2) is 2.56. The van der Waals surface area contributed by atoms with Crippen LogP contribution in [0, 0.1) is 5.92 Å². The molecule has 0 fully saturated rings. The minimum absolute atomic E-state index is 0.382. The van der Waals surface area contributed by atoms with Crippen LogP contribution in [0.15, 0.2) is 23.9 Å². The number of allylic oxidation sites excluding steroid dienone is 2. The Hall–Kier alpha value is -1.25. The summed E-state index contributed by atoms with van der Waals surface area (Å²) in [5.74, 6) is -1.17. The molecule has 0 bridgehead atoms. The van der Waals surface area contributed by atoms with Crippen LogP contribution in [0.5, 0.6) is 0 Å². The second-order valence-electron chi connectivity index (χ2n) is 2.24. The molecule has 0 aromatic rings. The molecule has 3 heteroatoms. The maximum Gasteiger partial charge on any atom is 0.310 e. The molecule has 0 aromatic carbocycles. The number of rotatable bonds is 1. The molecule has 0 aliphatic heterocycles. The van der Waals surface area contributed by atoms with E-state index in [0.29, 0.717) is 12.1 Å². The maximum absolute atomic E-state index is 10.3. The summed E-state index contributed by atoms with van der Waals surface area (Å²) < 4.78 is 0. The Morgan fingerprint density at radius 2 is 2.50 bits per heavy atom. The summed E-state index contributed by atoms with van der Waals surface area (Å²) in [7, 11) is 0. The third-order valence-electron chi connectivity index (χ3n) is 1.45. The molecule has 3 nitrogen and oxygen atoms in total. The molecule has 1 aliphatic carbocycles. The van der Waals surface area contributed by atoms with Crippen molar-refractivity contribution in [2.24, 2.45) is 11.7 Å². The molecule has 0 heterocycles. The second-order valence-corrected chi connectivity index (χ2v) is 2.24. The first-order valence-electron chi connectivity index (χ1n) is 3.07. The van der Waals surface area contributed by atoms with E-state index < -0.39 is 5.97 Å². The lowest BCUT2D eigenvalue weighted by Gasteiger charge is -2.08. The lowest BCUT2D eigenvalue weighted by atomic mass is 10.0. The van der Waals surface area contributed by atoms with Crippen molar-refractivity contribution in [3.05, 3.63) is 23.9 Å². The van der Waals surface area contributed by atoms with Crippen LogP contribution in [-0.2, 0) is 4.79 Å². The molecule has 54 valence electrons. The lowest BCUT2D eigenvalue weighted by molar-refractivity contribution is -0.139. The normalized spacial score (nSPS) is 24.0. The van der Waals surface area contributed by atoms with E-state index in [4.69, 9.17) is 10.8 Å². The molecule has 0 saturated heterocycles. The van der Waals surface area contributed by atoms with Crippen molar-refractivity contribution in [2.45, 2.75) is 6.42 Å². The van der Waals surface area contributed by atoms with E-state index in [0.717, 1.165) is 0 Å². The maximum atomic E-state index is 10.3. The Morgan fingerprint density at radius 3 is 2.90 bits per heavy atom. The topological polar surface area (TPSA) is 63.3 Å². The largest absolute Gasteiger partial charge is 0.481 e. The van der Waals surface area contributed by atoms with E-state index >= 15 is 0 Å². The molecular weight excluding hydrogens is 130 g/mol. The van der Waals surface area contributed by atoms with Crippen molar-refractivity contribution in [1.29, 1.82) is 0 Å². The third-order valence-corrected chi connectivity index (χ3v) is 1.45. The minimum atomic E-state index is -0.792. The highest BCUT2D eigenvalue weighted by atomic mass is 16.4. The van der Waals surface area contributed by atoms with Gasteiger partial charge >= 0.3 is 5.97 Å². The fourth-order valence-electron chi connectivity index (χ4n) is 0.820. The van der Waals surface area contributed by atoms with Gasteiger partial charge in [0.05, 0.1) is 5.92 Å². The average molecular weight is 139 g/mol. The van der Waals surface area contributed by atoms with Crippen molar-refractivity contribution >= 4 is 5.97 Å². The summed E-state index contributed by atoms with van der Waals surface area (Å²) in [4.78, 5) is 10.3. The number of aliphatic carboxylic acids is 1. The van der Waals surface area contributed by atoms with Crippen LogP contribution in [0.1, 0.15) is 6.42 Å². The molecule has 0 amide bonds. The predicted molar refractivity (Wildman–Crippen MR) is 37.2 cm³/mol. The molecule has 10 heavy (non-hydrogen) atoms. The van der Waals surface area contributed by atoms with E-state index in [9.17, 15) is 4.79 Å². The van der Waals surface area contributed by atoms with Crippen molar-refractivity contribution in [2.75, 3.05) is 0 Å². The summed E-state index contributed by atoms with van der Waals surface area (Å²) in [5, 5.41) is 8.50. The van der Waals surface area contributed by atoms with Gasteiger partial charge in [-0.2, -0.15) is 0 Å². The van der Waals surface area contributed by atoms with Gasteiger partial charge in [0.1, 0.15) is 0 Å². The minimum Gasteiger partial charge on any atom is -0.481 e. The molecule has 0 aromatic heterocycles. The van der Waals surface area contributed by atoms with Gasteiger partial charge in [-0.05, 0) is 12.5 Å². The molecule has 0 radical (unpaired) electrons. The van der Waals surface area contributed by atoms with Crippen LogP contribution < -0.4 is 5.73 Å². The summed E-state index contributed by atoms with van der Waals surface area (Å²) in [6.07, 6.45) is 5.47. The molecular formula is C7H9NO2. The van der Waals surface area contributed by atoms with Crippen LogP contribution >= 0.6 is 0 Å². The highest BCUT2D eigenvalue weighted by Gasteiger charge is 2.14. The summed E-state index contributed by atoms with van der Waals surface area (Å²) in [6, 6.07) is 0. The van der Waals surface area contributed by atoms with Gasteiger partial charge in [0.25, 0.3) is 0 Å². The summed E-state index contributed by atoms with van der Waals surface area (Å²) in [5.41, 5.74) is 6.03. The first-order valence-corrected chi connectivity index (χ1v) is 3.07. The van der Waals surface area contributed by atoms with Crippen molar-refractivity contribution in [1.82, 2.24) is 0 Å². The molecule has 0 spiro atoms. The van der Waals surface area contributed by atoms with Crippen LogP contribution in [0.4, 0.5) is 0 Å².